The highest BCUT2D eigenvalue weighted by Gasteiger charge is 2.23. The lowest BCUT2D eigenvalue weighted by molar-refractivity contribution is -0.135. The summed E-state index contributed by atoms with van der Waals surface area (Å²) in [6.07, 6.45) is 0.816. The molecule has 0 spiro atoms. The van der Waals surface area contributed by atoms with Crippen LogP contribution in [0.4, 0.5) is 0 Å². The Morgan fingerprint density at radius 2 is 2.00 bits per heavy atom. The Hall–Kier alpha value is -3.07. The van der Waals surface area contributed by atoms with Crippen LogP contribution in [0, 0.1) is 0 Å². The van der Waals surface area contributed by atoms with Crippen LogP contribution >= 0.6 is 11.3 Å². The number of amides is 2. The molecule has 1 aliphatic rings. The first-order valence-electron chi connectivity index (χ1n) is 8.57. The third kappa shape index (κ3) is 4.61. The van der Waals surface area contributed by atoms with Crippen molar-refractivity contribution in [1.82, 2.24) is 4.90 Å². The second-order valence-corrected chi connectivity index (χ2v) is 7.13. The van der Waals surface area contributed by atoms with Crippen LogP contribution in [0.25, 0.3) is 0 Å². The predicted octanol–water partition coefficient (Wildman–Crippen LogP) is 1.36. The van der Waals surface area contributed by atoms with Gasteiger partial charge in [-0.25, -0.2) is 4.79 Å². The Kier molecular flexibility index (Phi) is 6.15. The summed E-state index contributed by atoms with van der Waals surface area (Å²) < 4.78 is 15.5. The first-order valence-corrected chi connectivity index (χ1v) is 9.45. The first-order chi connectivity index (χ1) is 13.5. The second kappa shape index (κ2) is 8.75. The van der Waals surface area contributed by atoms with E-state index in [0.29, 0.717) is 13.1 Å². The summed E-state index contributed by atoms with van der Waals surface area (Å²) in [5, 5.41) is 2.02. The largest absolute Gasteiger partial charge is 0.493 e. The molecule has 2 N–H and O–H groups in total. The number of hydrogen-bond acceptors (Lipinski definition) is 7. The number of rotatable bonds is 7. The number of fused-ring (bicyclic) bond motifs is 1. The third-order valence-electron chi connectivity index (χ3n) is 4.26. The van der Waals surface area contributed by atoms with Crippen molar-refractivity contribution in [2.45, 2.75) is 13.0 Å². The summed E-state index contributed by atoms with van der Waals surface area (Å²) >= 11 is 1.69. The molecule has 0 unspecified atom stereocenters. The molecule has 0 radical (unpaired) electrons. The van der Waals surface area contributed by atoms with Gasteiger partial charge in [0.1, 0.15) is 0 Å². The lowest BCUT2D eigenvalue weighted by Crippen LogP contribution is -2.38. The fourth-order valence-corrected chi connectivity index (χ4v) is 3.72. The van der Waals surface area contributed by atoms with Crippen LogP contribution in [0.3, 0.4) is 0 Å². The molecule has 28 heavy (non-hydrogen) atoms. The Morgan fingerprint density at radius 3 is 2.75 bits per heavy atom. The molecule has 9 heteroatoms. The molecule has 2 heterocycles. The van der Waals surface area contributed by atoms with Gasteiger partial charge in [0.05, 0.1) is 12.7 Å². The van der Waals surface area contributed by atoms with E-state index in [2.05, 4.69) is 0 Å². The van der Waals surface area contributed by atoms with Crippen LogP contribution in [-0.2, 0) is 27.3 Å². The lowest BCUT2D eigenvalue weighted by Gasteiger charge is -2.26. The number of primary amides is 1. The summed E-state index contributed by atoms with van der Waals surface area (Å²) in [5.74, 6) is -0.992. The molecule has 1 aliphatic heterocycles. The van der Waals surface area contributed by atoms with Gasteiger partial charge >= 0.3 is 5.97 Å². The van der Waals surface area contributed by atoms with Gasteiger partial charge in [0.15, 0.2) is 24.7 Å². The maximum Gasteiger partial charge on any atom is 0.338 e. The molecule has 148 valence electrons. The van der Waals surface area contributed by atoms with Crippen molar-refractivity contribution in [2.24, 2.45) is 5.73 Å². The first kappa shape index (κ1) is 19.7. The fraction of sp³-hybridized carbons (Fsp3) is 0.316. The molecule has 0 atom stereocenters. The van der Waals surface area contributed by atoms with Gasteiger partial charge in [-0.15, -0.1) is 11.3 Å². The summed E-state index contributed by atoms with van der Waals surface area (Å²) in [4.78, 5) is 38.4. The monoisotopic (exact) mass is 404 g/mol. The van der Waals surface area contributed by atoms with Gasteiger partial charge in [0, 0.05) is 18.0 Å². The van der Waals surface area contributed by atoms with Gasteiger partial charge in [-0.1, -0.05) is 0 Å². The fourth-order valence-electron chi connectivity index (χ4n) is 2.83. The van der Waals surface area contributed by atoms with Crippen LogP contribution in [0.2, 0.25) is 0 Å². The van der Waals surface area contributed by atoms with Crippen molar-refractivity contribution in [1.29, 1.82) is 0 Å². The highest BCUT2D eigenvalue weighted by molar-refractivity contribution is 7.10. The number of hydrogen-bond donors (Lipinski definition) is 1. The van der Waals surface area contributed by atoms with Crippen molar-refractivity contribution in [3.63, 3.8) is 0 Å². The van der Waals surface area contributed by atoms with Crippen molar-refractivity contribution >= 4 is 29.1 Å². The van der Waals surface area contributed by atoms with Crippen LogP contribution in [0.1, 0.15) is 20.8 Å². The second-order valence-electron chi connectivity index (χ2n) is 6.13. The van der Waals surface area contributed by atoms with E-state index in [1.807, 2.05) is 11.4 Å². The zero-order chi connectivity index (χ0) is 20.1. The molecule has 0 bridgehead atoms. The maximum absolute atomic E-state index is 12.4. The standard InChI is InChI=1S/C19H20N2O6S/c1-25-15-8-12(2-3-14(15)26-10-17(20)22)19(24)27-11-18(23)21-6-4-16-13(9-21)5-7-28-16/h2-3,5,7-8H,4,6,9-11H2,1H3,(H2,20,22). The topological polar surface area (TPSA) is 108 Å². The Bertz CT molecular complexity index is 894. The number of esters is 1. The van der Waals surface area contributed by atoms with E-state index in [4.69, 9.17) is 19.9 Å². The average Bonchev–Trinajstić information content (AvgIpc) is 3.17. The third-order valence-corrected chi connectivity index (χ3v) is 5.28. The molecule has 8 nitrogen and oxygen atoms in total. The van der Waals surface area contributed by atoms with Crippen molar-refractivity contribution < 1.29 is 28.6 Å². The van der Waals surface area contributed by atoms with Gasteiger partial charge < -0.3 is 24.8 Å². The predicted molar refractivity (Wildman–Crippen MR) is 101 cm³/mol. The highest BCUT2D eigenvalue weighted by atomic mass is 32.1. The van der Waals surface area contributed by atoms with Crippen LogP contribution in [0.5, 0.6) is 11.5 Å². The maximum atomic E-state index is 12.4. The minimum absolute atomic E-state index is 0.204. The number of thiophene rings is 1. The summed E-state index contributed by atoms with van der Waals surface area (Å²) in [6, 6.07) is 6.37. The van der Waals surface area contributed by atoms with E-state index in [1.54, 1.807) is 16.2 Å². The summed E-state index contributed by atoms with van der Waals surface area (Å²) in [7, 11) is 1.40. The number of carbonyl (C=O) groups excluding carboxylic acids is 3. The molecule has 0 saturated heterocycles. The molecule has 0 saturated carbocycles. The molecule has 1 aromatic carbocycles. The van der Waals surface area contributed by atoms with Crippen molar-refractivity contribution in [2.75, 3.05) is 26.9 Å². The van der Waals surface area contributed by atoms with Crippen LogP contribution in [-0.4, -0.2) is 49.6 Å². The van der Waals surface area contributed by atoms with Crippen LogP contribution in [0.15, 0.2) is 29.6 Å². The molecular weight excluding hydrogens is 384 g/mol. The minimum Gasteiger partial charge on any atom is -0.493 e. The minimum atomic E-state index is -0.652. The van der Waals surface area contributed by atoms with Crippen molar-refractivity contribution in [3.05, 3.63) is 45.6 Å². The Balaban J connectivity index is 1.57. The Morgan fingerprint density at radius 1 is 1.18 bits per heavy atom. The molecule has 0 fully saturated rings. The van der Waals surface area contributed by atoms with Gasteiger partial charge in [-0.05, 0) is 41.6 Å². The summed E-state index contributed by atoms with van der Waals surface area (Å²) in [5.41, 5.74) is 6.39. The van der Waals surface area contributed by atoms with Crippen LogP contribution < -0.4 is 15.2 Å². The lowest BCUT2D eigenvalue weighted by atomic mass is 10.1. The van der Waals surface area contributed by atoms with Gasteiger partial charge in [0.2, 0.25) is 0 Å². The number of ether oxygens (including phenoxy) is 3. The SMILES string of the molecule is COc1cc(C(=O)OCC(=O)N2CCc3sccc3C2)ccc1OCC(N)=O. The van der Waals surface area contributed by atoms with Crippen molar-refractivity contribution in [3.8, 4) is 11.5 Å². The van der Waals surface area contributed by atoms with E-state index >= 15 is 0 Å². The number of benzene rings is 1. The molecule has 3 rings (SSSR count). The van der Waals surface area contributed by atoms with E-state index in [0.717, 1.165) is 12.0 Å². The smallest absolute Gasteiger partial charge is 0.338 e. The molecule has 2 amide bonds. The molecule has 1 aromatic heterocycles. The van der Waals surface area contributed by atoms with E-state index in [9.17, 15) is 14.4 Å². The van der Waals surface area contributed by atoms with E-state index in [-0.39, 0.29) is 36.2 Å². The molecule has 0 aliphatic carbocycles. The zero-order valence-corrected chi connectivity index (χ0v) is 16.1. The number of nitrogens with two attached hydrogens (primary N) is 1. The van der Waals surface area contributed by atoms with E-state index < -0.39 is 11.9 Å². The molecule has 2 aromatic rings. The number of carbonyl (C=O) groups is 3. The van der Waals surface area contributed by atoms with E-state index in [1.165, 1.54) is 30.2 Å². The summed E-state index contributed by atoms with van der Waals surface area (Å²) in [6.45, 7) is 0.509. The van der Waals surface area contributed by atoms with Gasteiger partial charge in [0.25, 0.3) is 11.8 Å². The van der Waals surface area contributed by atoms with Gasteiger partial charge in [-0.3, -0.25) is 9.59 Å². The molecular formula is C19H20N2O6S. The number of methoxy groups -OCH3 is 1. The zero-order valence-electron chi connectivity index (χ0n) is 15.3. The quantitative estimate of drug-likeness (QED) is 0.698. The normalized spacial score (nSPS) is 12.8. The average molecular weight is 404 g/mol. The number of nitrogens with zero attached hydrogens (tertiary/aromatic N) is 1. The highest BCUT2D eigenvalue weighted by Crippen LogP contribution is 2.28. The Labute approximate surface area is 165 Å². The van der Waals surface area contributed by atoms with Gasteiger partial charge in [-0.2, -0.15) is 0 Å².